The number of aliphatic hydroxyl groups excluding tert-OH is 1. The Labute approximate surface area is 65.7 Å². The fourth-order valence-corrected chi connectivity index (χ4v) is 1.24. The van der Waals surface area contributed by atoms with Gasteiger partial charge in [0, 0.05) is 25.7 Å². The standard InChI is InChI=1S/C6H14O3S/c1-8-6(9-2)5-10-4-3-7/h6-7H,3-5H2,1-2H3. The van der Waals surface area contributed by atoms with Crippen molar-refractivity contribution in [3.05, 3.63) is 0 Å². The number of aliphatic hydroxyl groups is 1. The molecule has 0 fully saturated rings. The molecule has 0 heterocycles. The van der Waals surface area contributed by atoms with Gasteiger partial charge in [-0.3, -0.25) is 0 Å². The Morgan fingerprint density at radius 1 is 1.40 bits per heavy atom. The third-order valence-electron chi connectivity index (χ3n) is 1.02. The summed E-state index contributed by atoms with van der Waals surface area (Å²) in [5.74, 6) is 1.51. The minimum absolute atomic E-state index is 0.142. The second kappa shape index (κ2) is 7.34. The number of hydrogen-bond acceptors (Lipinski definition) is 4. The number of methoxy groups -OCH3 is 2. The predicted molar refractivity (Wildman–Crippen MR) is 42.2 cm³/mol. The first kappa shape index (κ1) is 10.2. The molecule has 0 atom stereocenters. The number of rotatable bonds is 6. The molecule has 4 heteroatoms. The van der Waals surface area contributed by atoms with Crippen LogP contribution in [0.1, 0.15) is 0 Å². The molecule has 0 aromatic rings. The lowest BCUT2D eigenvalue weighted by Crippen LogP contribution is -2.16. The lowest BCUT2D eigenvalue weighted by molar-refractivity contribution is -0.0842. The molecule has 0 amide bonds. The molecule has 0 aliphatic carbocycles. The molecule has 0 aromatic heterocycles. The smallest absolute Gasteiger partial charge is 0.165 e. The van der Waals surface area contributed by atoms with Crippen LogP contribution in [-0.4, -0.2) is 43.7 Å². The van der Waals surface area contributed by atoms with Crippen molar-refractivity contribution in [2.45, 2.75) is 6.29 Å². The summed E-state index contributed by atoms with van der Waals surface area (Å²) in [4.78, 5) is 0. The molecule has 0 radical (unpaired) electrons. The van der Waals surface area contributed by atoms with E-state index in [4.69, 9.17) is 14.6 Å². The zero-order chi connectivity index (χ0) is 7.82. The Morgan fingerprint density at radius 2 is 2.00 bits per heavy atom. The first-order valence-electron chi connectivity index (χ1n) is 3.09. The maximum Gasteiger partial charge on any atom is 0.165 e. The summed E-state index contributed by atoms with van der Waals surface area (Å²) in [6.45, 7) is 0.213. The third-order valence-corrected chi connectivity index (χ3v) is 1.99. The minimum atomic E-state index is -0.142. The highest BCUT2D eigenvalue weighted by atomic mass is 32.2. The van der Waals surface area contributed by atoms with Crippen molar-refractivity contribution in [2.24, 2.45) is 0 Å². The second-order valence-electron chi connectivity index (χ2n) is 1.70. The first-order valence-corrected chi connectivity index (χ1v) is 4.24. The topological polar surface area (TPSA) is 38.7 Å². The number of hydrogen-bond donors (Lipinski definition) is 1. The van der Waals surface area contributed by atoms with Gasteiger partial charge in [-0.05, 0) is 0 Å². The van der Waals surface area contributed by atoms with E-state index in [1.807, 2.05) is 0 Å². The molecule has 3 nitrogen and oxygen atoms in total. The van der Waals surface area contributed by atoms with Gasteiger partial charge in [-0.25, -0.2) is 0 Å². The molecular formula is C6H14O3S. The van der Waals surface area contributed by atoms with Gasteiger partial charge in [0.15, 0.2) is 6.29 Å². The summed E-state index contributed by atoms with van der Waals surface area (Å²) in [7, 11) is 3.21. The van der Waals surface area contributed by atoms with Gasteiger partial charge in [-0.2, -0.15) is 11.8 Å². The highest BCUT2D eigenvalue weighted by Crippen LogP contribution is 2.04. The van der Waals surface area contributed by atoms with E-state index in [-0.39, 0.29) is 12.9 Å². The molecule has 10 heavy (non-hydrogen) atoms. The van der Waals surface area contributed by atoms with Gasteiger partial charge in [-0.1, -0.05) is 0 Å². The van der Waals surface area contributed by atoms with E-state index in [1.165, 1.54) is 0 Å². The van der Waals surface area contributed by atoms with Gasteiger partial charge in [0.05, 0.1) is 6.61 Å². The van der Waals surface area contributed by atoms with Crippen molar-refractivity contribution in [1.82, 2.24) is 0 Å². The van der Waals surface area contributed by atoms with Crippen molar-refractivity contribution in [1.29, 1.82) is 0 Å². The Hall–Kier alpha value is 0.230. The van der Waals surface area contributed by atoms with Gasteiger partial charge >= 0.3 is 0 Å². The van der Waals surface area contributed by atoms with Crippen LogP contribution in [0.3, 0.4) is 0 Å². The predicted octanol–water partition coefficient (Wildman–Crippen LogP) is 0.331. The maximum atomic E-state index is 8.42. The normalized spacial score (nSPS) is 10.8. The van der Waals surface area contributed by atoms with Crippen LogP contribution in [0, 0.1) is 0 Å². The molecule has 62 valence electrons. The summed E-state index contributed by atoms with van der Waals surface area (Å²) in [5.41, 5.74) is 0. The van der Waals surface area contributed by atoms with Crippen LogP contribution in [0.2, 0.25) is 0 Å². The molecular weight excluding hydrogens is 152 g/mol. The Morgan fingerprint density at radius 3 is 2.40 bits per heavy atom. The van der Waals surface area contributed by atoms with Gasteiger partial charge in [0.1, 0.15) is 0 Å². The SMILES string of the molecule is COC(CSCCO)OC. The largest absolute Gasteiger partial charge is 0.396 e. The molecule has 0 aromatic carbocycles. The summed E-state index contributed by atoms with van der Waals surface area (Å²) >= 11 is 1.61. The summed E-state index contributed by atoms with van der Waals surface area (Å²) in [6.07, 6.45) is -0.142. The van der Waals surface area contributed by atoms with Crippen LogP contribution in [0.5, 0.6) is 0 Å². The third kappa shape index (κ3) is 5.05. The minimum Gasteiger partial charge on any atom is -0.396 e. The van der Waals surface area contributed by atoms with Crippen LogP contribution in [0.4, 0.5) is 0 Å². The lowest BCUT2D eigenvalue weighted by Gasteiger charge is -2.11. The van der Waals surface area contributed by atoms with E-state index in [0.29, 0.717) is 0 Å². The highest BCUT2D eigenvalue weighted by molar-refractivity contribution is 7.99. The van der Waals surface area contributed by atoms with E-state index in [0.717, 1.165) is 11.5 Å². The van der Waals surface area contributed by atoms with E-state index in [9.17, 15) is 0 Å². The Bertz CT molecular complexity index is 66.0. The second-order valence-corrected chi connectivity index (χ2v) is 2.85. The number of ether oxygens (including phenoxy) is 2. The maximum absolute atomic E-state index is 8.42. The van der Waals surface area contributed by atoms with Crippen LogP contribution >= 0.6 is 11.8 Å². The average molecular weight is 166 g/mol. The first-order chi connectivity index (χ1) is 4.85. The van der Waals surface area contributed by atoms with Gasteiger partial charge < -0.3 is 14.6 Å². The molecule has 1 N–H and O–H groups in total. The summed E-state index contributed by atoms with van der Waals surface area (Å²) < 4.78 is 9.84. The van der Waals surface area contributed by atoms with Crippen LogP contribution < -0.4 is 0 Å². The lowest BCUT2D eigenvalue weighted by atomic mass is 10.7. The molecule has 0 bridgehead atoms. The van der Waals surface area contributed by atoms with Crippen LogP contribution in [0.25, 0.3) is 0 Å². The Balaban J connectivity index is 3.09. The molecule has 0 rings (SSSR count). The highest BCUT2D eigenvalue weighted by Gasteiger charge is 2.02. The van der Waals surface area contributed by atoms with E-state index in [2.05, 4.69) is 0 Å². The fourth-order valence-electron chi connectivity index (χ4n) is 0.476. The molecule has 0 aliphatic heterocycles. The van der Waals surface area contributed by atoms with Gasteiger partial charge in [0.2, 0.25) is 0 Å². The zero-order valence-electron chi connectivity index (χ0n) is 6.37. The van der Waals surface area contributed by atoms with Crippen molar-refractivity contribution >= 4 is 11.8 Å². The quantitative estimate of drug-likeness (QED) is 0.456. The fraction of sp³-hybridized carbons (Fsp3) is 1.00. The van der Waals surface area contributed by atoms with E-state index in [1.54, 1.807) is 26.0 Å². The molecule has 0 saturated carbocycles. The monoisotopic (exact) mass is 166 g/mol. The molecule has 0 saturated heterocycles. The van der Waals surface area contributed by atoms with Gasteiger partial charge in [0.25, 0.3) is 0 Å². The van der Waals surface area contributed by atoms with Crippen LogP contribution in [0.15, 0.2) is 0 Å². The number of thioether (sulfide) groups is 1. The summed E-state index contributed by atoms with van der Waals surface area (Å²) in [6, 6.07) is 0. The van der Waals surface area contributed by atoms with Crippen molar-refractivity contribution in [3.63, 3.8) is 0 Å². The average Bonchev–Trinajstić information content (AvgIpc) is 1.99. The zero-order valence-corrected chi connectivity index (χ0v) is 7.19. The summed E-state index contributed by atoms with van der Waals surface area (Å²) in [5, 5.41) is 8.42. The van der Waals surface area contributed by atoms with Crippen molar-refractivity contribution in [3.8, 4) is 0 Å². The van der Waals surface area contributed by atoms with Crippen molar-refractivity contribution < 1.29 is 14.6 Å². The molecule has 0 aliphatic rings. The van der Waals surface area contributed by atoms with Crippen LogP contribution in [-0.2, 0) is 9.47 Å². The Kier molecular flexibility index (Phi) is 7.51. The van der Waals surface area contributed by atoms with E-state index < -0.39 is 0 Å². The van der Waals surface area contributed by atoms with Crippen molar-refractivity contribution in [2.75, 3.05) is 32.3 Å². The van der Waals surface area contributed by atoms with E-state index >= 15 is 0 Å². The van der Waals surface area contributed by atoms with Gasteiger partial charge in [-0.15, -0.1) is 0 Å². The molecule has 0 spiro atoms. The molecule has 0 unspecified atom stereocenters.